The van der Waals surface area contributed by atoms with Crippen molar-refractivity contribution in [3.8, 4) is 0 Å². The average molecular weight is 408 g/mol. The van der Waals surface area contributed by atoms with Crippen LogP contribution in [0.1, 0.15) is 18.9 Å². The Morgan fingerprint density at radius 1 is 1.15 bits per heavy atom. The third-order valence-electron chi connectivity index (χ3n) is 3.33. The number of hydrogen-bond acceptors (Lipinski definition) is 5. The predicted molar refractivity (Wildman–Crippen MR) is 109 cm³/mol. The lowest BCUT2D eigenvalue weighted by atomic mass is 10.2. The van der Waals surface area contributed by atoms with Gasteiger partial charge in [-0.1, -0.05) is 54.2 Å². The summed E-state index contributed by atoms with van der Waals surface area (Å²) in [4.78, 5) is 25.7. The molecule has 1 atom stereocenters. The second-order valence-electron chi connectivity index (χ2n) is 5.28. The van der Waals surface area contributed by atoms with Crippen LogP contribution in [0.15, 0.2) is 59.5 Å². The van der Waals surface area contributed by atoms with Crippen molar-refractivity contribution in [2.45, 2.75) is 24.3 Å². The zero-order chi connectivity index (χ0) is 18.9. The number of rotatable bonds is 7. The van der Waals surface area contributed by atoms with Crippen LogP contribution in [0.4, 0.5) is 0 Å². The van der Waals surface area contributed by atoms with Gasteiger partial charge in [0.2, 0.25) is 5.12 Å². The summed E-state index contributed by atoms with van der Waals surface area (Å²) in [6, 6.07) is 15.4. The first-order chi connectivity index (χ1) is 12.5. The Labute approximate surface area is 167 Å². The van der Waals surface area contributed by atoms with Crippen molar-refractivity contribution in [3.63, 3.8) is 0 Å². The minimum absolute atomic E-state index is 0.0970. The summed E-state index contributed by atoms with van der Waals surface area (Å²) in [5.41, 5.74) is 0.718. The Kier molecular flexibility index (Phi) is 8.09. The molecule has 0 bridgehead atoms. The maximum atomic E-state index is 12.7. The summed E-state index contributed by atoms with van der Waals surface area (Å²) in [6.45, 7) is 1.98. The lowest BCUT2D eigenvalue weighted by Gasteiger charge is -2.18. The molecule has 0 aliphatic carbocycles. The predicted octanol–water partition coefficient (Wildman–Crippen LogP) is 4.25. The van der Waals surface area contributed by atoms with Crippen LogP contribution in [-0.4, -0.2) is 28.7 Å². The molecule has 0 aliphatic rings. The monoisotopic (exact) mass is 407 g/mol. The van der Waals surface area contributed by atoms with Crippen molar-refractivity contribution in [2.75, 3.05) is 6.61 Å². The van der Waals surface area contributed by atoms with Crippen LogP contribution in [0.2, 0.25) is 5.02 Å². The van der Waals surface area contributed by atoms with Gasteiger partial charge in [-0.05, 0) is 43.0 Å². The van der Waals surface area contributed by atoms with E-state index in [0.29, 0.717) is 10.0 Å². The summed E-state index contributed by atoms with van der Waals surface area (Å²) >= 11 is 12.3. The zero-order valence-electron chi connectivity index (χ0n) is 14.1. The lowest BCUT2D eigenvalue weighted by Crippen LogP contribution is -2.41. The van der Waals surface area contributed by atoms with Crippen molar-refractivity contribution in [3.05, 3.63) is 65.2 Å². The van der Waals surface area contributed by atoms with E-state index in [-0.39, 0.29) is 18.1 Å². The van der Waals surface area contributed by atoms with Gasteiger partial charge in [-0.25, -0.2) is 0 Å². The maximum Gasteiger partial charge on any atom is 0.308 e. The highest BCUT2D eigenvalue weighted by Crippen LogP contribution is 2.21. The fourth-order valence-electron chi connectivity index (χ4n) is 2.10. The number of ether oxygens (including phenoxy) is 1. The van der Waals surface area contributed by atoms with Crippen molar-refractivity contribution >= 4 is 51.7 Å². The van der Waals surface area contributed by atoms with E-state index in [1.807, 2.05) is 30.3 Å². The minimum Gasteiger partial charge on any atom is -0.466 e. The third kappa shape index (κ3) is 6.44. The smallest absolute Gasteiger partial charge is 0.308 e. The quantitative estimate of drug-likeness (QED) is 0.420. The molecule has 1 N–H and O–H groups in total. The average Bonchev–Trinajstić information content (AvgIpc) is 2.62. The maximum absolute atomic E-state index is 12.7. The van der Waals surface area contributed by atoms with Crippen molar-refractivity contribution in [2.24, 2.45) is 0 Å². The van der Waals surface area contributed by atoms with Crippen molar-refractivity contribution in [1.29, 1.82) is 0 Å². The Balaban J connectivity index is 2.11. The molecular weight excluding hydrogens is 390 g/mol. The first-order valence-corrected chi connectivity index (χ1v) is 9.58. The molecule has 0 fully saturated rings. The fourth-order valence-corrected chi connectivity index (χ4v) is 3.31. The van der Waals surface area contributed by atoms with Gasteiger partial charge in [-0.3, -0.25) is 9.59 Å². The summed E-state index contributed by atoms with van der Waals surface area (Å²) in [7, 11) is 0. The molecule has 7 heteroatoms. The minimum atomic E-state index is -0.789. The molecule has 0 amide bonds. The molecular formula is C19H18ClNO3S2. The van der Waals surface area contributed by atoms with Crippen LogP contribution in [0.3, 0.4) is 0 Å². The van der Waals surface area contributed by atoms with Gasteiger partial charge >= 0.3 is 5.97 Å². The molecule has 4 nitrogen and oxygen atoms in total. The van der Waals surface area contributed by atoms with Crippen molar-refractivity contribution in [1.82, 2.24) is 5.32 Å². The van der Waals surface area contributed by atoms with E-state index in [1.165, 1.54) is 0 Å². The number of esters is 1. The van der Waals surface area contributed by atoms with Gasteiger partial charge in [0.15, 0.2) is 0 Å². The van der Waals surface area contributed by atoms with Gasteiger partial charge in [0.25, 0.3) is 0 Å². The molecule has 136 valence electrons. The van der Waals surface area contributed by atoms with Gasteiger partial charge in [0.05, 0.1) is 13.0 Å². The highest BCUT2D eigenvalue weighted by molar-refractivity contribution is 8.13. The van der Waals surface area contributed by atoms with Crippen LogP contribution in [0.5, 0.6) is 0 Å². The number of carbonyl (C=O) groups is 2. The Bertz CT molecular complexity index is 766. The van der Waals surface area contributed by atoms with Gasteiger partial charge in [0, 0.05) is 15.5 Å². The van der Waals surface area contributed by atoms with E-state index >= 15 is 0 Å². The lowest BCUT2D eigenvalue weighted by molar-refractivity contribution is -0.144. The largest absolute Gasteiger partial charge is 0.466 e. The summed E-state index contributed by atoms with van der Waals surface area (Å²) in [5, 5.41) is 3.36. The Hall–Kier alpha value is -1.89. The van der Waals surface area contributed by atoms with Gasteiger partial charge in [-0.2, -0.15) is 0 Å². The van der Waals surface area contributed by atoms with E-state index in [4.69, 9.17) is 28.6 Å². The standard InChI is InChI=1S/C19H18ClNO3S2/c1-2-24-17(22)12-16(19(23)26-15-6-4-3-5-7-15)21-18(25)13-8-10-14(20)11-9-13/h3-11,16H,2,12H2,1H3,(H,21,25). The SMILES string of the molecule is CCOC(=O)CC(NC(=S)c1ccc(Cl)cc1)C(=O)Sc1ccccc1. The van der Waals surface area contributed by atoms with E-state index in [2.05, 4.69) is 5.32 Å². The molecule has 1 unspecified atom stereocenters. The Morgan fingerprint density at radius 2 is 1.81 bits per heavy atom. The van der Waals surface area contributed by atoms with E-state index in [0.717, 1.165) is 22.2 Å². The second kappa shape index (κ2) is 10.3. The van der Waals surface area contributed by atoms with Gasteiger partial charge in [0.1, 0.15) is 11.0 Å². The topological polar surface area (TPSA) is 55.4 Å². The van der Waals surface area contributed by atoms with E-state index < -0.39 is 12.0 Å². The first-order valence-electron chi connectivity index (χ1n) is 7.98. The molecule has 26 heavy (non-hydrogen) atoms. The second-order valence-corrected chi connectivity index (χ2v) is 7.20. The highest BCUT2D eigenvalue weighted by atomic mass is 35.5. The highest BCUT2D eigenvalue weighted by Gasteiger charge is 2.24. The van der Waals surface area contributed by atoms with Crippen LogP contribution >= 0.6 is 35.6 Å². The van der Waals surface area contributed by atoms with Gasteiger partial charge < -0.3 is 10.1 Å². The zero-order valence-corrected chi connectivity index (χ0v) is 16.5. The first kappa shape index (κ1) is 20.4. The van der Waals surface area contributed by atoms with E-state index in [9.17, 15) is 9.59 Å². The summed E-state index contributed by atoms with van der Waals surface area (Å²) in [5.74, 6) is -0.453. The van der Waals surface area contributed by atoms with E-state index in [1.54, 1.807) is 31.2 Å². The van der Waals surface area contributed by atoms with Crippen LogP contribution < -0.4 is 5.32 Å². The molecule has 0 aliphatic heterocycles. The van der Waals surface area contributed by atoms with Crippen LogP contribution in [-0.2, 0) is 14.3 Å². The molecule has 0 heterocycles. The van der Waals surface area contributed by atoms with Crippen LogP contribution in [0.25, 0.3) is 0 Å². The fraction of sp³-hybridized carbons (Fsp3) is 0.211. The molecule has 2 rings (SSSR count). The molecule has 2 aromatic rings. The third-order valence-corrected chi connectivity index (χ3v) is 4.93. The van der Waals surface area contributed by atoms with Gasteiger partial charge in [-0.15, -0.1) is 0 Å². The van der Waals surface area contributed by atoms with Crippen molar-refractivity contribution < 1.29 is 14.3 Å². The summed E-state index contributed by atoms with van der Waals surface area (Å²) in [6.07, 6.45) is -0.0970. The number of thiocarbonyl (C=S) groups is 1. The molecule has 0 saturated carbocycles. The molecule has 0 radical (unpaired) electrons. The molecule has 0 saturated heterocycles. The van der Waals surface area contributed by atoms with Crippen LogP contribution in [0, 0.1) is 0 Å². The number of thioether (sulfide) groups is 1. The normalized spacial score (nSPS) is 11.5. The summed E-state index contributed by atoms with van der Waals surface area (Å²) < 4.78 is 4.97. The number of benzene rings is 2. The number of nitrogens with one attached hydrogen (secondary N) is 1. The Morgan fingerprint density at radius 3 is 2.42 bits per heavy atom. The number of halogens is 1. The number of carbonyl (C=O) groups excluding carboxylic acids is 2. The molecule has 0 spiro atoms. The molecule has 2 aromatic carbocycles. The number of hydrogen-bond donors (Lipinski definition) is 1. The molecule has 0 aromatic heterocycles.